The number of rotatable bonds is 6. The Kier molecular flexibility index (Phi) is 5.36. The van der Waals surface area contributed by atoms with E-state index in [0.717, 1.165) is 0 Å². The second-order valence-corrected chi connectivity index (χ2v) is 5.03. The lowest BCUT2D eigenvalue weighted by Gasteiger charge is -2.26. The van der Waals surface area contributed by atoms with E-state index in [-0.39, 0.29) is 0 Å². The van der Waals surface area contributed by atoms with E-state index in [1.807, 2.05) is 0 Å². The Balaban J connectivity index is 2.16. The van der Waals surface area contributed by atoms with Crippen LogP contribution in [0.25, 0.3) is 0 Å². The zero-order chi connectivity index (χ0) is 18.8. The minimum Gasteiger partial charge on any atom is -0.303 e. The summed E-state index contributed by atoms with van der Waals surface area (Å²) in [5, 5.41) is 0. The molecule has 0 aliphatic carbocycles. The Morgan fingerprint density at radius 1 is 0.600 bits per heavy atom. The maximum atomic E-state index is 13.8. The monoisotopic (exact) mass is 370 g/mol. The third-order valence-electron chi connectivity index (χ3n) is 3.27. The van der Waals surface area contributed by atoms with Crippen molar-refractivity contribution < 1.29 is 39.9 Å². The fraction of sp³-hybridized carbons (Fsp3) is 0.250. The first-order valence-electron chi connectivity index (χ1n) is 6.76. The first-order chi connectivity index (χ1) is 11.5. The predicted octanol–water partition coefficient (Wildman–Crippen LogP) is 5.46. The van der Waals surface area contributed by atoms with Crippen molar-refractivity contribution >= 4 is 0 Å². The van der Waals surface area contributed by atoms with Crippen LogP contribution >= 0.6 is 0 Å². The summed E-state index contributed by atoms with van der Waals surface area (Å²) in [4.78, 5) is 0. The summed E-state index contributed by atoms with van der Waals surface area (Å²) < 4.78 is 111. The first-order valence-corrected chi connectivity index (χ1v) is 6.76. The van der Waals surface area contributed by atoms with Gasteiger partial charge < -0.3 is 4.74 Å². The van der Waals surface area contributed by atoms with E-state index in [1.54, 1.807) is 0 Å². The molecule has 2 atom stereocenters. The second kappa shape index (κ2) is 6.99. The molecular formula is C16H10F8O. The topological polar surface area (TPSA) is 9.23 Å². The maximum Gasteiger partial charge on any atom is 0.327 e. The summed E-state index contributed by atoms with van der Waals surface area (Å²) in [6, 6.07) is 4.42. The lowest BCUT2D eigenvalue weighted by atomic mass is 10.1. The van der Waals surface area contributed by atoms with E-state index in [2.05, 4.69) is 4.74 Å². The summed E-state index contributed by atoms with van der Waals surface area (Å²) in [6.45, 7) is 0. The van der Waals surface area contributed by atoms with Crippen molar-refractivity contribution in [2.45, 2.75) is 24.6 Å². The van der Waals surface area contributed by atoms with Crippen LogP contribution in [0.5, 0.6) is 0 Å². The predicted molar refractivity (Wildman–Crippen MR) is 71.5 cm³/mol. The van der Waals surface area contributed by atoms with E-state index < -0.39 is 47.3 Å². The van der Waals surface area contributed by atoms with Gasteiger partial charge >= 0.3 is 11.8 Å². The molecule has 0 N–H and O–H groups in total. The van der Waals surface area contributed by atoms with Gasteiger partial charge in [-0.3, -0.25) is 0 Å². The number of halogens is 8. The smallest absolute Gasteiger partial charge is 0.303 e. The molecule has 0 saturated heterocycles. The zero-order valence-corrected chi connectivity index (χ0v) is 12.2. The average Bonchev–Trinajstić information content (AvgIpc) is 2.55. The van der Waals surface area contributed by atoms with E-state index in [9.17, 15) is 35.1 Å². The summed E-state index contributed by atoms with van der Waals surface area (Å²) in [7, 11) is 0. The quantitative estimate of drug-likeness (QED) is 0.614. The van der Waals surface area contributed by atoms with Crippen molar-refractivity contribution in [1.82, 2.24) is 0 Å². The standard InChI is InChI=1S/C16H10F8O/c17-11-5-1-9(2-6-11)15(21,22)13(19)25-14(20)16(23,24)10-3-7-12(18)8-4-10/h1-8,13-14H/t13-,14-/m0/s1. The van der Waals surface area contributed by atoms with Crippen LogP contribution in [0.15, 0.2) is 48.5 Å². The third-order valence-corrected chi connectivity index (χ3v) is 3.27. The number of hydrogen-bond donors (Lipinski definition) is 0. The van der Waals surface area contributed by atoms with Gasteiger partial charge in [0.05, 0.1) is 0 Å². The molecule has 0 aromatic heterocycles. The molecule has 0 fully saturated rings. The van der Waals surface area contributed by atoms with Gasteiger partial charge in [0.1, 0.15) is 11.6 Å². The van der Waals surface area contributed by atoms with E-state index in [4.69, 9.17) is 0 Å². The van der Waals surface area contributed by atoms with E-state index in [1.165, 1.54) is 0 Å². The van der Waals surface area contributed by atoms with Crippen molar-refractivity contribution in [2.75, 3.05) is 0 Å². The maximum absolute atomic E-state index is 13.8. The Hall–Kier alpha value is -2.16. The van der Waals surface area contributed by atoms with Crippen LogP contribution in [0.4, 0.5) is 35.1 Å². The van der Waals surface area contributed by atoms with Gasteiger partial charge in [0, 0.05) is 11.1 Å². The molecular weight excluding hydrogens is 360 g/mol. The van der Waals surface area contributed by atoms with Crippen LogP contribution in [0.2, 0.25) is 0 Å². The van der Waals surface area contributed by atoms with Gasteiger partial charge in [-0.2, -0.15) is 17.6 Å². The van der Waals surface area contributed by atoms with E-state index >= 15 is 0 Å². The minimum absolute atomic E-state index is 0.511. The van der Waals surface area contributed by atoms with Gasteiger partial charge in [0.15, 0.2) is 0 Å². The van der Waals surface area contributed by atoms with Crippen LogP contribution in [0.1, 0.15) is 11.1 Å². The van der Waals surface area contributed by atoms with Gasteiger partial charge in [-0.25, -0.2) is 17.6 Å². The normalized spacial score (nSPS) is 15.0. The molecule has 9 heteroatoms. The Morgan fingerprint density at radius 3 is 1.16 bits per heavy atom. The fourth-order valence-corrected chi connectivity index (χ4v) is 1.88. The van der Waals surface area contributed by atoms with Gasteiger partial charge in [-0.1, -0.05) is 0 Å². The molecule has 0 aliphatic rings. The molecule has 0 bridgehead atoms. The lowest BCUT2D eigenvalue weighted by Crippen LogP contribution is -2.38. The largest absolute Gasteiger partial charge is 0.327 e. The van der Waals surface area contributed by atoms with Crippen LogP contribution in [0.3, 0.4) is 0 Å². The van der Waals surface area contributed by atoms with Gasteiger partial charge in [-0.05, 0) is 48.5 Å². The van der Waals surface area contributed by atoms with Crippen molar-refractivity contribution in [2.24, 2.45) is 0 Å². The van der Waals surface area contributed by atoms with Crippen molar-refractivity contribution in [3.8, 4) is 0 Å². The van der Waals surface area contributed by atoms with Gasteiger partial charge in [-0.15, -0.1) is 0 Å². The summed E-state index contributed by atoms with van der Waals surface area (Å²) in [5.41, 5.74) is -2.17. The molecule has 0 unspecified atom stereocenters. The van der Waals surface area contributed by atoms with Crippen LogP contribution in [-0.2, 0) is 16.6 Å². The molecule has 0 saturated carbocycles. The van der Waals surface area contributed by atoms with Crippen LogP contribution in [0, 0.1) is 11.6 Å². The number of hydrogen-bond acceptors (Lipinski definition) is 1. The highest BCUT2D eigenvalue weighted by atomic mass is 19.3. The molecule has 2 rings (SSSR count). The highest BCUT2D eigenvalue weighted by Gasteiger charge is 2.50. The first kappa shape index (κ1) is 19.2. The number of ether oxygens (including phenoxy) is 1. The Morgan fingerprint density at radius 2 is 0.880 bits per heavy atom. The van der Waals surface area contributed by atoms with Crippen LogP contribution < -0.4 is 0 Å². The molecule has 0 heterocycles. The summed E-state index contributed by atoms with van der Waals surface area (Å²) in [6.07, 6.45) is -7.53. The SMILES string of the molecule is Fc1ccc(C(F)(F)[C@@H](F)O[C@H](F)C(F)(F)c2ccc(F)cc2)cc1. The zero-order valence-electron chi connectivity index (χ0n) is 12.2. The summed E-state index contributed by atoms with van der Waals surface area (Å²) in [5.74, 6) is -10.8. The highest BCUT2D eigenvalue weighted by Crippen LogP contribution is 2.40. The molecule has 2 aromatic rings. The lowest BCUT2D eigenvalue weighted by molar-refractivity contribution is -0.295. The molecule has 136 valence electrons. The highest BCUT2D eigenvalue weighted by molar-refractivity contribution is 5.23. The number of alkyl halides is 6. The Labute approximate surface area is 136 Å². The molecule has 0 spiro atoms. The molecule has 2 aromatic carbocycles. The van der Waals surface area contributed by atoms with E-state index in [0.29, 0.717) is 48.5 Å². The van der Waals surface area contributed by atoms with Crippen molar-refractivity contribution in [3.63, 3.8) is 0 Å². The van der Waals surface area contributed by atoms with Crippen LogP contribution in [-0.4, -0.2) is 12.7 Å². The number of benzene rings is 2. The molecule has 25 heavy (non-hydrogen) atoms. The molecule has 0 aliphatic heterocycles. The molecule has 0 amide bonds. The van der Waals surface area contributed by atoms with Gasteiger partial charge in [0.2, 0.25) is 0 Å². The summed E-state index contributed by atoms with van der Waals surface area (Å²) >= 11 is 0. The average molecular weight is 370 g/mol. The van der Waals surface area contributed by atoms with Gasteiger partial charge in [0.25, 0.3) is 12.7 Å². The molecule has 1 nitrogen and oxygen atoms in total. The van der Waals surface area contributed by atoms with Crippen molar-refractivity contribution in [1.29, 1.82) is 0 Å². The molecule has 0 radical (unpaired) electrons. The second-order valence-electron chi connectivity index (χ2n) is 5.03. The minimum atomic E-state index is -4.50. The Bertz CT molecular complexity index is 638. The van der Waals surface area contributed by atoms with Crippen molar-refractivity contribution in [3.05, 3.63) is 71.3 Å². The third kappa shape index (κ3) is 4.09. The fourth-order valence-electron chi connectivity index (χ4n) is 1.88.